The first-order valence-electron chi connectivity index (χ1n) is 11.4. The molecule has 7 nitrogen and oxygen atoms in total. The Morgan fingerprint density at radius 1 is 1.09 bits per heavy atom. The monoisotopic (exact) mass is 483 g/mol. The fourth-order valence-electron chi connectivity index (χ4n) is 4.24. The van der Waals surface area contributed by atoms with Gasteiger partial charge in [0, 0.05) is 17.1 Å². The van der Waals surface area contributed by atoms with Crippen LogP contribution in [0.5, 0.6) is 5.75 Å². The molecule has 176 valence electrons. The van der Waals surface area contributed by atoms with E-state index < -0.39 is 5.91 Å². The van der Waals surface area contributed by atoms with Crippen molar-refractivity contribution in [3.05, 3.63) is 88.8 Å². The quantitative estimate of drug-likeness (QED) is 0.479. The molecular weight excluding hydrogens is 458 g/mol. The maximum absolute atomic E-state index is 12.9. The van der Waals surface area contributed by atoms with Gasteiger partial charge in [0.1, 0.15) is 17.4 Å². The number of thioether (sulfide) groups is 1. The van der Waals surface area contributed by atoms with Crippen molar-refractivity contribution in [1.82, 2.24) is 9.58 Å². The van der Waals surface area contributed by atoms with Crippen molar-refractivity contribution in [2.24, 2.45) is 10.1 Å². The molecule has 0 spiro atoms. The minimum Gasteiger partial charge on any atom is -0.487 e. The Labute approximate surface area is 208 Å². The van der Waals surface area contributed by atoms with Crippen LogP contribution < -0.4 is 4.74 Å². The Kier molecular flexibility index (Phi) is 6.13. The number of aryl methyl sites for hydroxylation is 2. The second-order valence-electron chi connectivity index (χ2n) is 8.26. The van der Waals surface area contributed by atoms with Gasteiger partial charge in [0.2, 0.25) is 5.17 Å². The fourth-order valence-corrected chi connectivity index (χ4v) is 5.04. The van der Waals surface area contributed by atoms with Crippen LogP contribution in [-0.4, -0.2) is 38.1 Å². The number of nitrogens with one attached hydrogen (secondary N) is 1. The molecule has 0 unspecified atom stereocenters. The molecule has 1 aromatic heterocycles. The molecule has 0 atom stereocenters. The Hall–Kier alpha value is -3.91. The topological polar surface area (TPSA) is 83.0 Å². The average molecular weight is 484 g/mol. The SMILES string of the molecule is CCc1ccccc1-n1c(C)cc(C=C2C(=N)N3N=C(COc4ccccc4)SC3=NC2=O)c1C. The number of carbonyl (C=O) groups is 1. The summed E-state index contributed by atoms with van der Waals surface area (Å²) in [6.07, 6.45) is 2.67. The van der Waals surface area contributed by atoms with Crippen LogP contribution in [-0.2, 0) is 11.2 Å². The third-order valence-electron chi connectivity index (χ3n) is 5.99. The second-order valence-corrected chi connectivity index (χ2v) is 9.30. The smallest absolute Gasteiger partial charge is 0.283 e. The molecule has 0 aliphatic carbocycles. The number of ether oxygens (including phenoxy) is 1. The van der Waals surface area contributed by atoms with Gasteiger partial charge in [0.05, 0.1) is 5.57 Å². The van der Waals surface area contributed by atoms with E-state index >= 15 is 0 Å². The van der Waals surface area contributed by atoms with E-state index in [2.05, 4.69) is 33.7 Å². The summed E-state index contributed by atoms with van der Waals surface area (Å²) in [4.78, 5) is 17.1. The summed E-state index contributed by atoms with van der Waals surface area (Å²) in [6, 6.07) is 19.8. The number of fused-ring (bicyclic) bond motifs is 1. The highest BCUT2D eigenvalue weighted by atomic mass is 32.2. The zero-order chi connectivity index (χ0) is 24.5. The Bertz CT molecular complexity index is 1420. The number of nitrogens with zero attached hydrogens (tertiary/aromatic N) is 4. The number of hydrogen-bond donors (Lipinski definition) is 1. The maximum atomic E-state index is 12.9. The van der Waals surface area contributed by atoms with Crippen LogP contribution in [0.3, 0.4) is 0 Å². The summed E-state index contributed by atoms with van der Waals surface area (Å²) in [5.74, 6) is 0.309. The molecule has 1 N–H and O–H groups in total. The highest BCUT2D eigenvalue weighted by Gasteiger charge is 2.36. The first-order chi connectivity index (χ1) is 17.0. The third kappa shape index (κ3) is 4.33. The van der Waals surface area contributed by atoms with Crippen LogP contribution in [0, 0.1) is 19.3 Å². The average Bonchev–Trinajstić information content (AvgIpc) is 3.40. The van der Waals surface area contributed by atoms with E-state index in [0.717, 1.165) is 34.8 Å². The minimum atomic E-state index is -0.437. The number of amidine groups is 2. The highest BCUT2D eigenvalue weighted by Crippen LogP contribution is 2.30. The number of aromatic nitrogens is 1. The lowest BCUT2D eigenvalue weighted by Crippen LogP contribution is -2.35. The van der Waals surface area contributed by atoms with Crippen molar-refractivity contribution >= 4 is 39.8 Å². The number of aliphatic imine (C=N–C) groups is 1. The van der Waals surface area contributed by atoms with Crippen molar-refractivity contribution < 1.29 is 9.53 Å². The van der Waals surface area contributed by atoms with Crippen LogP contribution in [0.25, 0.3) is 11.8 Å². The van der Waals surface area contributed by atoms with Crippen molar-refractivity contribution in [1.29, 1.82) is 5.41 Å². The summed E-state index contributed by atoms with van der Waals surface area (Å²) >= 11 is 1.25. The molecule has 35 heavy (non-hydrogen) atoms. The zero-order valence-corrected chi connectivity index (χ0v) is 20.6. The molecule has 2 aromatic carbocycles. The van der Waals surface area contributed by atoms with Gasteiger partial charge in [-0.05, 0) is 73.5 Å². The molecule has 0 saturated carbocycles. The zero-order valence-electron chi connectivity index (χ0n) is 19.8. The lowest BCUT2D eigenvalue weighted by molar-refractivity contribution is -0.114. The lowest BCUT2D eigenvalue weighted by Gasteiger charge is -2.20. The molecule has 0 bridgehead atoms. The van der Waals surface area contributed by atoms with Gasteiger partial charge < -0.3 is 9.30 Å². The standard InChI is InChI=1S/C27H25N5O2S/c1-4-19-10-8-9-13-23(19)31-17(2)14-20(18(31)3)15-22-25(28)32-27(29-26(22)33)35-24(30-32)16-34-21-11-6-5-7-12-21/h5-15,28H,4,16H2,1-3H3. The van der Waals surface area contributed by atoms with Crippen molar-refractivity contribution in [2.75, 3.05) is 6.61 Å². The molecular formula is C27H25N5O2S. The number of hydrazone groups is 1. The summed E-state index contributed by atoms with van der Waals surface area (Å²) in [6.45, 7) is 6.45. The molecule has 0 saturated heterocycles. The molecule has 3 heterocycles. The van der Waals surface area contributed by atoms with Gasteiger partial charge >= 0.3 is 0 Å². The summed E-state index contributed by atoms with van der Waals surface area (Å²) in [5, 5.41) is 15.6. The van der Waals surface area contributed by atoms with Crippen LogP contribution in [0.1, 0.15) is 29.4 Å². The van der Waals surface area contributed by atoms with E-state index in [1.54, 1.807) is 6.08 Å². The molecule has 2 aliphatic rings. The minimum absolute atomic E-state index is 0.0148. The Balaban J connectivity index is 1.42. The number of rotatable bonds is 6. The summed E-state index contributed by atoms with van der Waals surface area (Å²) in [5.41, 5.74) is 5.53. The number of benzene rings is 2. The largest absolute Gasteiger partial charge is 0.487 e. The first kappa shape index (κ1) is 22.9. The van der Waals surface area contributed by atoms with E-state index in [0.29, 0.717) is 10.2 Å². The van der Waals surface area contributed by atoms with Gasteiger partial charge in [-0.15, -0.1) is 0 Å². The normalized spacial score (nSPS) is 16.4. The van der Waals surface area contributed by atoms with Gasteiger partial charge in [0.25, 0.3) is 5.91 Å². The van der Waals surface area contributed by atoms with Crippen molar-refractivity contribution in [3.8, 4) is 11.4 Å². The molecule has 8 heteroatoms. The predicted octanol–water partition coefficient (Wildman–Crippen LogP) is 5.35. The number of amides is 1. The Morgan fingerprint density at radius 3 is 2.60 bits per heavy atom. The molecule has 0 radical (unpaired) electrons. The van der Waals surface area contributed by atoms with Gasteiger partial charge in [-0.1, -0.05) is 43.3 Å². The molecule has 5 rings (SSSR count). The molecule has 0 fully saturated rings. The summed E-state index contributed by atoms with van der Waals surface area (Å²) < 4.78 is 7.96. The molecule has 3 aromatic rings. The van der Waals surface area contributed by atoms with E-state index in [-0.39, 0.29) is 18.0 Å². The predicted molar refractivity (Wildman–Crippen MR) is 142 cm³/mol. The number of para-hydroxylation sites is 2. The molecule has 1 amide bonds. The van der Waals surface area contributed by atoms with Crippen molar-refractivity contribution in [2.45, 2.75) is 27.2 Å². The fraction of sp³-hybridized carbons (Fsp3) is 0.185. The van der Waals surface area contributed by atoms with Gasteiger partial charge in [-0.2, -0.15) is 15.1 Å². The maximum Gasteiger partial charge on any atom is 0.283 e. The lowest BCUT2D eigenvalue weighted by atomic mass is 10.1. The van der Waals surface area contributed by atoms with Crippen LogP contribution in [0.15, 0.2) is 76.3 Å². The third-order valence-corrected chi connectivity index (χ3v) is 6.87. The van der Waals surface area contributed by atoms with Gasteiger partial charge in [-0.3, -0.25) is 10.2 Å². The number of hydrogen-bond acceptors (Lipinski definition) is 5. The van der Waals surface area contributed by atoms with Crippen LogP contribution >= 0.6 is 11.8 Å². The highest BCUT2D eigenvalue weighted by molar-refractivity contribution is 8.27. The Morgan fingerprint density at radius 2 is 1.83 bits per heavy atom. The second kappa shape index (κ2) is 9.38. The van der Waals surface area contributed by atoms with E-state index in [1.165, 1.54) is 22.3 Å². The van der Waals surface area contributed by atoms with Crippen LogP contribution in [0.2, 0.25) is 0 Å². The molecule has 2 aliphatic heterocycles. The van der Waals surface area contributed by atoms with Gasteiger partial charge in [-0.25, -0.2) is 0 Å². The first-order valence-corrected chi connectivity index (χ1v) is 12.2. The van der Waals surface area contributed by atoms with E-state index in [1.807, 2.05) is 62.4 Å². The van der Waals surface area contributed by atoms with Gasteiger partial charge in [0.15, 0.2) is 5.84 Å². The van der Waals surface area contributed by atoms with Crippen molar-refractivity contribution in [3.63, 3.8) is 0 Å². The van der Waals surface area contributed by atoms with E-state index in [9.17, 15) is 4.79 Å². The number of carbonyl (C=O) groups excluding carboxylic acids is 1. The van der Waals surface area contributed by atoms with Crippen LogP contribution in [0.4, 0.5) is 0 Å². The summed E-state index contributed by atoms with van der Waals surface area (Å²) in [7, 11) is 0. The van der Waals surface area contributed by atoms with E-state index in [4.69, 9.17) is 10.1 Å².